The molecule has 0 saturated heterocycles. The first kappa shape index (κ1) is 14.8. The molecule has 1 saturated carbocycles. The molecule has 1 fully saturated rings. The fourth-order valence-electron chi connectivity index (χ4n) is 1.89. The topological polar surface area (TPSA) is 61.8 Å². The number of nitrogens with two attached hydrogens (primary N) is 1. The van der Waals surface area contributed by atoms with Gasteiger partial charge < -0.3 is 0 Å². The molecule has 6 heteroatoms. The maximum absolute atomic E-state index is 13.8. The maximum atomic E-state index is 13.8. The molecule has 0 aromatic heterocycles. The number of hydrogen-bond donors (Lipinski definition) is 2. The van der Waals surface area contributed by atoms with E-state index in [1.54, 1.807) is 23.9 Å². The predicted molar refractivity (Wildman–Crippen MR) is 78.7 cm³/mol. The van der Waals surface area contributed by atoms with Gasteiger partial charge in [-0.3, -0.25) is 11.3 Å². The van der Waals surface area contributed by atoms with Crippen molar-refractivity contribution in [3.63, 3.8) is 0 Å². The molecule has 3 nitrogen and oxygen atoms in total. The van der Waals surface area contributed by atoms with E-state index in [2.05, 4.69) is 27.4 Å². The first-order chi connectivity index (χ1) is 9.15. The molecule has 1 aliphatic rings. The second-order valence-electron chi connectivity index (χ2n) is 4.61. The molecular formula is C13H15BrFN3S. The highest BCUT2D eigenvalue weighted by molar-refractivity contribution is 9.10. The Labute approximate surface area is 124 Å². The van der Waals surface area contributed by atoms with E-state index in [0.29, 0.717) is 17.2 Å². The van der Waals surface area contributed by atoms with Crippen molar-refractivity contribution in [2.24, 2.45) is 11.8 Å². The second kappa shape index (κ2) is 6.71. The minimum Gasteiger partial charge on any atom is -0.271 e. The van der Waals surface area contributed by atoms with Gasteiger partial charge in [0.2, 0.25) is 0 Å². The normalized spacial score (nSPS) is 17.8. The van der Waals surface area contributed by atoms with E-state index in [-0.39, 0.29) is 17.1 Å². The van der Waals surface area contributed by atoms with Gasteiger partial charge in [0.05, 0.1) is 17.4 Å². The lowest BCUT2D eigenvalue weighted by molar-refractivity contribution is 0.546. The third-order valence-electron chi connectivity index (χ3n) is 3.15. The van der Waals surface area contributed by atoms with E-state index in [1.807, 2.05) is 0 Å². The molecule has 1 aromatic carbocycles. The molecule has 0 bridgehead atoms. The zero-order valence-corrected chi connectivity index (χ0v) is 12.7. The zero-order chi connectivity index (χ0) is 13.8. The van der Waals surface area contributed by atoms with E-state index in [1.165, 1.54) is 6.07 Å². The fraction of sp³-hybridized carbons (Fsp3) is 0.462. The highest BCUT2D eigenvalue weighted by Gasteiger charge is 2.32. The molecule has 1 aliphatic carbocycles. The standard InChI is InChI=1S/C13H15BrFN3S/c14-9-3-4-11(15)10(5-9)12(18-17)7-19-13(6-16)8-1-2-8/h3-5,8,12-13,18H,1-2,7,17H2. The summed E-state index contributed by atoms with van der Waals surface area (Å²) in [5.41, 5.74) is 3.16. The van der Waals surface area contributed by atoms with Crippen LogP contribution < -0.4 is 11.3 Å². The number of nitriles is 1. The van der Waals surface area contributed by atoms with Crippen molar-refractivity contribution < 1.29 is 4.39 Å². The molecular weight excluding hydrogens is 329 g/mol. The average Bonchev–Trinajstić information content (AvgIpc) is 3.23. The van der Waals surface area contributed by atoms with Crippen molar-refractivity contribution in [3.8, 4) is 6.07 Å². The lowest BCUT2D eigenvalue weighted by atomic mass is 10.1. The molecule has 0 radical (unpaired) electrons. The summed E-state index contributed by atoms with van der Waals surface area (Å²) in [6, 6.07) is 6.81. The number of hydrazine groups is 1. The Bertz CT molecular complexity index is 487. The van der Waals surface area contributed by atoms with Gasteiger partial charge in [-0.05, 0) is 37.0 Å². The molecule has 2 unspecified atom stereocenters. The molecule has 3 N–H and O–H groups in total. The Balaban J connectivity index is 2.03. The maximum Gasteiger partial charge on any atom is 0.128 e. The van der Waals surface area contributed by atoms with Crippen LogP contribution in [0.4, 0.5) is 4.39 Å². The van der Waals surface area contributed by atoms with Gasteiger partial charge in [-0.2, -0.15) is 5.26 Å². The second-order valence-corrected chi connectivity index (χ2v) is 6.70. The quantitative estimate of drug-likeness (QED) is 0.615. The number of nitrogens with zero attached hydrogens (tertiary/aromatic N) is 1. The monoisotopic (exact) mass is 343 g/mol. The van der Waals surface area contributed by atoms with Crippen LogP contribution in [0, 0.1) is 23.1 Å². The first-order valence-electron chi connectivity index (χ1n) is 6.08. The highest BCUT2D eigenvalue weighted by Crippen LogP contribution is 2.39. The van der Waals surface area contributed by atoms with Crippen molar-refractivity contribution in [3.05, 3.63) is 34.1 Å². The number of benzene rings is 1. The predicted octanol–water partition coefficient (Wildman–Crippen LogP) is 3.13. The molecule has 0 spiro atoms. The van der Waals surface area contributed by atoms with Crippen molar-refractivity contribution >= 4 is 27.7 Å². The van der Waals surface area contributed by atoms with Gasteiger partial charge in [0, 0.05) is 15.8 Å². The van der Waals surface area contributed by atoms with Crippen LogP contribution in [0.25, 0.3) is 0 Å². The Morgan fingerprint density at radius 1 is 1.58 bits per heavy atom. The summed E-state index contributed by atoms with van der Waals surface area (Å²) in [4.78, 5) is 0. The number of rotatable bonds is 6. The molecule has 0 aliphatic heterocycles. The summed E-state index contributed by atoms with van der Waals surface area (Å²) < 4.78 is 14.6. The first-order valence-corrected chi connectivity index (χ1v) is 7.92. The van der Waals surface area contributed by atoms with E-state index in [9.17, 15) is 4.39 Å². The summed E-state index contributed by atoms with van der Waals surface area (Å²) in [5.74, 6) is 6.31. The van der Waals surface area contributed by atoms with Gasteiger partial charge >= 0.3 is 0 Å². The number of halogens is 2. The van der Waals surface area contributed by atoms with Gasteiger partial charge in [0.15, 0.2) is 0 Å². The van der Waals surface area contributed by atoms with Gasteiger partial charge in [0.1, 0.15) is 5.82 Å². The largest absolute Gasteiger partial charge is 0.271 e. The van der Waals surface area contributed by atoms with Crippen LogP contribution in [0.15, 0.2) is 22.7 Å². The van der Waals surface area contributed by atoms with Crippen molar-refractivity contribution in [1.82, 2.24) is 5.43 Å². The lowest BCUT2D eigenvalue weighted by Gasteiger charge is -2.18. The van der Waals surface area contributed by atoms with E-state index in [0.717, 1.165) is 17.3 Å². The highest BCUT2D eigenvalue weighted by atomic mass is 79.9. The van der Waals surface area contributed by atoms with Crippen LogP contribution in [0.3, 0.4) is 0 Å². The Hall–Kier alpha value is -0.610. The minimum absolute atomic E-state index is 0.00827. The number of hydrogen-bond acceptors (Lipinski definition) is 4. The van der Waals surface area contributed by atoms with Crippen LogP contribution in [0.5, 0.6) is 0 Å². The molecule has 102 valence electrons. The van der Waals surface area contributed by atoms with E-state index < -0.39 is 0 Å². The van der Waals surface area contributed by atoms with Crippen LogP contribution in [0.1, 0.15) is 24.4 Å². The summed E-state index contributed by atoms with van der Waals surface area (Å²) in [6.07, 6.45) is 2.24. The summed E-state index contributed by atoms with van der Waals surface area (Å²) in [6.45, 7) is 0. The third-order valence-corrected chi connectivity index (χ3v) is 5.02. The van der Waals surface area contributed by atoms with Gasteiger partial charge in [-0.25, -0.2) is 4.39 Å². The fourth-order valence-corrected chi connectivity index (χ4v) is 3.56. The van der Waals surface area contributed by atoms with Crippen molar-refractivity contribution in [2.45, 2.75) is 24.1 Å². The van der Waals surface area contributed by atoms with Gasteiger partial charge in [-0.15, -0.1) is 11.8 Å². The van der Waals surface area contributed by atoms with Crippen LogP contribution >= 0.6 is 27.7 Å². The SMILES string of the molecule is N#CC(SCC(NN)c1cc(Br)ccc1F)C1CC1. The van der Waals surface area contributed by atoms with Gasteiger partial charge in [-0.1, -0.05) is 15.9 Å². The van der Waals surface area contributed by atoms with Crippen LogP contribution in [-0.4, -0.2) is 11.0 Å². The summed E-state index contributed by atoms with van der Waals surface area (Å²) >= 11 is 4.87. The Morgan fingerprint density at radius 3 is 2.89 bits per heavy atom. The average molecular weight is 344 g/mol. The van der Waals surface area contributed by atoms with Gasteiger partial charge in [0.25, 0.3) is 0 Å². The smallest absolute Gasteiger partial charge is 0.128 e. The molecule has 2 rings (SSSR count). The molecule has 0 amide bonds. The Morgan fingerprint density at radius 2 is 2.32 bits per heavy atom. The number of thioether (sulfide) groups is 1. The zero-order valence-electron chi connectivity index (χ0n) is 10.3. The summed E-state index contributed by atoms with van der Waals surface area (Å²) in [7, 11) is 0. The van der Waals surface area contributed by atoms with E-state index in [4.69, 9.17) is 11.1 Å². The molecule has 0 heterocycles. The lowest BCUT2D eigenvalue weighted by Crippen LogP contribution is -2.31. The van der Waals surface area contributed by atoms with Crippen molar-refractivity contribution in [2.75, 3.05) is 5.75 Å². The molecule has 2 atom stereocenters. The Kier molecular flexibility index (Phi) is 5.22. The van der Waals surface area contributed by atoms with Crippen molar-refractivity contribution in [1.29, 1.82) is 5.26 Å². The minimum atomic E-state index is -0.294. The molecule has 19 heavy (non-hydrogen) atoms. The van der Waals surface area contributed by atoms with Crippen LogP contribution in [-0.2, 0) is 0 Å². The molecule has 1 aromatic rings. The van der Waals surface area contributed by atoms with E-state index >= 15 is 0 Å². The van der Waals surface area contributed by atoms with Crippen LogP contribution in [0.2, 0.25) is 0 Å². The summed E-state index contributed by atoms with van der Waals surface area (Å²) in [5, 5.41) is 9.08. The third kappa shape index (κ3) is 3.93. The number of nitrogens with one attached hydrogen (secondary N) is 1.